The number of halogens is 1. The molecule has 0 radical (unpaired) electrons. The topological polar surface area (TPSA) is 57.8 Å². The van der Waals surface area contributed by atoms with Gasteiger partial charge < -0.3 is 10.3 Å². The fourth-order valence-corrected chi connectivity index (χ4v) is 1.70. The van der Waals surface area contributed by atoms with Crippen LogP contribution in [0.2, 0.25) is 5.02 Å². The molecule has 2 N–H and O–H groups in total. The van der Waals surface area contributed by atoms with E-state index >= 15 is 0 Å². The Morgan fingerprint density at radius 1 is 1.47 bits per heavy atom. The number of hydrogen-bond acceptors (Lipinski definition) is 2. The molecule has 1 heterocycles. The maximum Gasteiger partial charge on any atom is 0.269 e. The lowest BCUT2D eigenvalue weighted by atomic mass is 10.1. The average Bonchev–Trinajstić information content (AvgIpc) is 2.82. The standard InChI is InChI=1S/C12H12ClN3O/c13-10-3-1-2-9(6-10)4-5-15-12(17)11-7-14-8-16-11/h1-3,6-8H,4-5H2,(H,14,16)(H,15,17). The zero-order chi connectivity index (χ0) is 12.1. The Balaban J connectivity index is 1.82. The number of nitrogens with one attached hydrogen (secondary N) is 2. The normalized spacial score (nSPS) is 10.2. The molecule has 0 bridgehead atoms. The van der Waals surface area contributed by atoms with Crippen molar-refractivity contribution < 1.29 is 4.79 Å². The van der Waals surface area contributed by atoms with Gasteiger partial charge in [-0.3, -0.25) is 4.79 Å². The molecule has 0 aliphatic carbocycles. The Morgan fingerprint density at radius 3 is 3.06 bits per heavy atom. The summed E-state index contributed by atoms with van der Waals surface area (Å²) in [4.78, 5) is 18.1. The lowest BCUT2D eigenvalue weighted by Gasteiger charge is -2.04. The Bertz CT molecular complexity index is 496. The van der Waals surface area contributed by atoms with E-state index in [-0.39, 0.29) is 5.91 Å². The van der Waals surface area contributed by atoms with Gasteiger partial charge >= 0.3 is 0 Å². The van der Waals surface area contributed by atoms with Crippen LogP contribution in [0.15, 0.2) is 36.8 Å². The Hall–Kier alpha value is -1.81. The van der Waals surface area contributed by atoms with Gasteiger partial charge in [-0.1, -0.05) is 23.7 Å². The van der Waals surface area contributed by atoms with E-state index in [9.17, 15) is 4.79 Å². The number of aromatic nitrogens is 2. The highest BCUT2D eigenvalue weighted by Crippen LogP contribution is 2.10. The third-order valence-electron chi connectivity index (χ3n) is 2.33. The second-order valence-electron chi connectivity index (χ2n) is 3.60. The molecule has 1 aromatic carbocycles. The number of hydrogen-bond donors (Lipinski definition) is 2. The van der Waals surface area contributed by atoms with Crippen molar-refractivity contribution >= 4 is 17.5 Å². The molecule has 0 unspecified atom stereocenters. The number of aromatic amines is 1. The van der Waals surface area contributed by atoms with E-state index in [0.29, 0.717) is 17.3 Å². The number of benzene rings is 1. The van der Waals surface area contributed by atoms with Crippen molar-refractivity contribution in [3.63, 3.8) is 0 Å². The summed E-state index contributed by atoms with van der Waals surface area (Å²) in [6.07, 6.45) is 3.72. The summed E-state index contributed by atoms with van der Waals surface area (Å²) in [6.45, 7) is 0.568. The van der Waals surface area contributed by atoms with Crippen LogP contribution in [-0.4, -0.2) is 22.4 Å². The summed E-state index contributed by atoms with van der Waals surface area (Å²) in [5.74, 6) is -0.149. The molecule has 1 aromatic heterocycles. The van der Waals surface area contributed by atoms with Crippen molar-refractivity contribution in [2.24, 2.45) is 0 Å². The lowest BCUT2D eigenvalue weighted by Crippen LogP contribution is -2.25. The van der Waals surface area contributed by atoms with E-state index in [2.05, 4.69) is 15.3 Å². The number of imidazole rings is 1. The number of H-pyrrole nitrogens is 1. The van der Waals surface area contributed by atoms with Crippen LogP contribution in [0.25, 0.3) is 0 Å². The van der Waals surface area contributed by atoms with E-state index in [1.165, 1.54) is 12.5 Å². The maximum atomic E-state index is 11.6. The van der Waals surface area contributed by atoms with E-state index in [1.807, 2.05) is 24.3 Å². The minimum atomic E-state index is -0.149. The number of amides is 1. The van der Waals surface area contributed by atoms with Crippen LogP contribution in [0.4, 0.5) is 0 Å². The molecule has 2 aromatic rings. The first kappa shape index (κ1) is 11.7. The Labute approximate surface area is 104 Å². The van der Waals surface area contributed by atoms with Gasteiger partial charge in [-0.05, 0) is 24.1 Å². The van der Waals surface area contributed by atoms with Crippen LogP contribution in [0.5, 0.6) is 0 Å². The fourth-order valence-electron chi connectivity index (χ4n) is 1.49. The summed E-state index contributed by atoms with van der Waals surface area (Å²) in [5, 5.41) is 3.51. The molecular weight excluding hydrogens is 238 g/mol. The van der Waals surface area contributed by atoms with Crippen molar-refractivity contribution in [3.8, 4) is 0 Å². The van der Waals surface area contributed by atoms with Crippen molar-refractivity contribution in [3.05, 3.63) is 53.1 Å². The zero-order valence-corrected chi connectivity index (χ0v) is 9.87. The maximum absolute atomic E-state index is 11.6. The predicted molar refractivity (Wildman–Crippen MR) is 66.1 cm³/mol. The van der Waals surface area contributed by atoms with Gasteiger partial charge in [-0.15, -0.1) is 0 Å². The average molecular weight is 250 g/mol. The van der Waals surface area contributed by atoms with Gasteiger partial charge in [0.15, 0.2) is 0 Å². The van der Waals surface area contributed by atoms with Crippen molar-refractivity contribution in [1.29, 1.82) is 0 Å². The number of rotatable bonds is 4. The minimum absolute atomic E-state index is 0.149. The largest absolute Gasteiger partial charge is 0.350 e. The first-order valence-electron chi connectivity index (χ1n) is 5.27. The van der Waals surface area contributed by atoms with Crippen LogP contribution in [0.3, 0.4) is 0 Å². The highest BCUT2D eigenvalue weighted by atomic mass is 35.5. The lowest BCUT2D eigenvalue weighted by molar-refractivity contribution is 0.0949. The highest BCUT2D eigenvalue weighted by Gasteiger charge is 2.05. The zero-order valence-electron chi connectivity index (χ0n) is 9.11. The second-order valence-corrected chi connectivity index (χ2v) is 4.04. The third kappa shape index (κ3) is 3.32. The third-order valence-corrected chi connectivity index (χ3v) is 2.57. The minimum Gasteiger partial charge on any atom is -0.350 e. The van der Waals surface area contributed by atoms with Gasteiger partial charge in [0.2, 0.25) is 0 Å². The van der Waals surface area contributed by atoms with Gasteiger partial charge in [0, 0.05) is 11.6 Å². The number of carbonyl (C=O) groups is 1. The molecule has 1 amide bonds. The monoisotopic (exact) mass is 249 g/mol. The van der Waals surface area contributed by atoms with Gasteiger partial charge in [-0.25, -0.2) is 4.98 Å². The van der Waals surface area contributed by atoms with Gasteiger partial charge in [0.1, 0.15) is 5.69 Å². The van der Waals surface area contributed by atoms with Gasteiger partial charge in [0.25, 0.3) is 5.91 Å². The number of nitrogens with zero attached hydrogens (tertiary/aromatic N) is 1. The Kier molecular flexibility index (Phi) is 3.77. The van der Waals surface area contributed by atoms with Gasteiger partial charge in [-0.2, -0.15) is 0 Å². The molecule has 0 aliphatic rings. The molecule has 5 heteroatoms. The molecule has 0 fully saturated rings. The number of carbonyl (C=O) groups excluding carboxylic acids is 1. The van der Waals surface area contributed by atoms with E-state index in [4.69, 9.17) is 11.6 Å². The Morgan fingerprint density at radius 2 is 2.35 bits per heavy atom. The fraction of sp³-hybridized carbons (Fsp3) is 0.167. The first-order valence-corrected chi connectivity index (χ1v) is 5.64. The van der Waals surface area contributed by atoms with Crippen molar-refractivity contribution in [2.75, 3.05) is 6.54 Å². The molecule has 0 atom stereocenters. The van der Waals surface area contributed by atoms with Crippen molar-refractivity contribution in [2.45, 2.75) is 6.42 Å². The SMILES string of the molecule is O=C(NCCc1cccc(Cl)c1)c1cnc[nH]1. The van der Waals surface area contributed by atoms with Crippen LogP contribution >= 0.6 is 11.6 Å². The molecule has 0 saturated carbocycles. The summed E-state index contributed by atoms with van der Waals surface area (Å²) < 4.78 is 0. The molecule has 88 valence electrons. The summed E-state index contributed by atoms with van der Waals surface area (Å²) in [5.41, 5.74) is 1.57. The molecule has 2 rings (SSSR count). The van der Waals surface area contributed by atoms with Crippen LogP contribution in [0.1, 0.15) is 16.1 Å². The van der Waals surface area contributed by atoms with E-state index in [1.54, 1.807) is 0 Å². The summed E-state index contributed by atoms with van der Waals surface area (Å²) in [7, 11) is 0. The molecule has 4 nitrogen and oxygen atoms in total. The van der Waals surface area contributed by atoms with Crippen molar-refractivity contribution in [1.82, 2.24) is 15.3 Å². The second kappa shape index (κ2) is 5.50. The molecular formula is C12H12ClN3O. The molecule has 17 heavy (non-hydrogen) atoms. The molecule has 0 saturated heterocycles. The quantitative estimate of drug-likeness (QED) is 0.871. The predicted octanol–water partition coefficient (Wildman–Crippen LogP) is 2.04. The highest BCUT2D eigenvalue weighted by molar-refractivity contribution is 6.30. The van der Waals surface area contributed by atoms with Gasteiger partial charge in [0.05, 0.1) is 12.5 Å². The van der Waals surface area contributed by atoms with Crippen LogP contribution < -0.4 is 5.32 Å². The van der Waals surface area contributed by atoms with E-state index < -0.39 is 0 Å². The van der Waals surface area contributed by atoms with E-state index in [0.717, 1.165) is 12.0 Å². The molecule has 0 aliphatic heterocycles. The van der Waals surface area contributed by atoms with Crippen LogP contribution in [-0.2, 0) is 6.42 Å². The summed E-state index contributed by atoms with van der Waals surface area (Å²) in [6, 6.07) is 7.60. The first-order chi connectivity index (χ1) is 8.25. The summed E-state index contributed by atoms with van der Waals surface area (Å²) >= 11 is 5.87. The smallest absolute Gasteiger partial charge is 0.269 e. The van der Waals surface area contributed by atoms with Crippen LogP contribution in [0, 0.1) is 0 Å². The molecule has 0 spiro atoms.